The van der Waals surface area contributed by atoms with Crippen molar-refractivity contribution >= 4 is 5.84 Å². The van der Waals surface area contributed by atoms with Gasteiger partial charge in [-0.1, -0.05) is 29.4 Å². The monoisotopic (exact) mass is 292 g/mol. The minimum absolute atomic E-state index is 0.120. The Labute approximate surface area is 125 Å². The summed E-state index contributed by atoms with van der Waals surface area (Å²) in [6.07, 6.45) is 0.496. The Morgan fingerprint density at radius 3 is 2.81 bits per heavy atom. The molecule has 4 N–H and O–H groups in total. The van der Waals surface area contributed by atoms with E-state index in [1.54, 1.807) is 0 Å². The first kappa shape index (κ1) is 15.8. The van der Waals surface area contributed by atoms with E-state index in [4.69, 9.17) is 10.9 Å². The summed E-state index contributed by atoms with van der Waals surface area (Å²) < 4.78 is 0. The molecule has 1 aliphatic rings. The molecule has 21 heavy (non-hydrogen) atoms. The van der Waals surface area contributed by atoms with Crippen molar-refractivity contribution in [3.8, 4) is 0 Å². The van der Waals surface area contributed by atoms with Gasteiger partial charge in [0.25, 0.3) is 0 Å². The van der Waals surface area contributed by atoms with Gasteiger partial charge >= 0.3 is 0 Å². The number of β-amino-alcohol motifs (C(OH)–C–C–N with tert-alkyl or cyclic N) is 1. The first-order chi connectivity index (χ1) is 10.0. The van der Waals surface area contributed by atoms with Gasteiger partial charge in [-0.15, -0.1) is 0 Å². The SMILES string of the molecule is CN(C)CC1CC(O)CN1Cc1ccccc1C(N)=NO. The van der Waals surface area contributed by atoms with Crippen LogP contribution in [0.25, 0.3) is 0 Å². The summed E-state index contributed by atoms with van der Waals surface area (Å²) in [5.41, 5.74) is 7.48. The fraction of sp³-hybridized carbons (Fsp3) is 0.533. The minimum atomic E-state index is -0.286. The highest BCUT2D eigenvalue weighted by molar-refractivity contribution is 5.98. The van der Waals surface area contributed by atoms with Gasteiger partial charge in [0.05, 0.1) is 6.10 Å². The highest BCUT2D eigenvalue weighted by Gasteiger charge is 2.31. The molecule has 0 aliphatic carbocycles. The van der Waals surface area contributed by atoms with Crippen LogP contribution in [-0.2, 0) is 6.54 Å². The van der Waals surface area contributed by atoms with Crippen LogP contribution in [0.4, 0.5) is 0 Å². The van der Waals surface area contributed by atoms with Gasteiger partial charge in [0, 0.05) is 31.2 Å². The van der Waals surface area contributed by atoms with Crippen LogP contribution in [-0.4, -0.2) is 65.3 Å². The lowest BCUT2D eigenvalue weighted by molar-refractivity contribution is 0.169. The number of likely N-dealkylation sites (tertiary alicyclic amines) is 1. The third-order valence-electron chi connectivity index (χ3n) is 3.86. The quantitative estimate of drug-likeness (QED) is 0.314. The van der Waals surface area contributed by atoms with Crippen LogP contribution in [0, 0.1) is 0 Å². The molecule has 0 amide bonds. The standard InChI is InChI=1S/C15H24N4O2/c1-18(2)9-12-7-13(20)10-19(12)8-11-5-3-4-6-14(11)15(16)17-21/h3-6,12-13,20-21H,7-10H2,1-2H3,(H2,16,17). The van der Waals surface area contributed by atoms with Gasteiger partial charge in [-0.3, -0.25) is 4.90 Å². The van der Waals surface area contributed by atoms with Gasteiger partial charge in [0.2, 0.25) is 0 Å². The molecule has 2 rings (SSSR count). The molecule has 1 saturated heterocycles. The van der Waals surface area contributed by atoms with E-state index in [9.17, 15) is 5.11 Å². The predicted octanol–water partition coefficient (Wildman–Crippen LogP) is 0.278. The van der Waals surface area contributed by atoms with Gasteiger partial charge in [-0.25, -0.2) is 0 Å². The Balaban J connectivity index is 2.17. The molecule has 2 unspecified atom stereocenters. The van der Waals surface area contributed by atoms with Crippen LogP contribution in [0.5, 0.6) is 0 Å². The van der Waals surface area contributed by atoms with Crippen molar-refractivity contribution in [3.05, 3.63) is 35.4 Å². The van der Waals surface area contributed by atoms with Crippen LogP contribution in [0.15, 0.2) is 29.4 Å². The molecule has 0 spiro atoms. The normalized spacial score (nSPS) is 23.9. The van der Waals surface area contributed by atoms with E-state index < -0.39 is 0 Å². The van der Waals surface area contributed by atoms with E-state index in [0.717, 1.165) is 24.1 Å². The lowest BCUT2D eigenvalue weighted by Gasteiger charge is -2.27. The second kappa shape index (κ2) is 6.89. The fourth-order valence-electron chi connectivity index (χ4n) is 2.94. The summed E-state index contributed by atoms with van der Waals surface area (Å²) in [5.74, 6) is 0.120. The van der Waals surface area contributed by atoms with Crippen molar-refractivity contribution in [2.45, 2.75) is 25.1 Å². The van der Waals surface area contributed by atoms with Crippen LogP contribution in [0.2, 0.25) is 0 Å². The summed E-state index contributed by atoms with van der Waals surface area (Å²) in [5, 5.41) is 21.9. The van der Waals surface area contributed by atoms with Crippen molar-refractivity contribution in [1.29, 1.82) is 0 Å². The molecule has 6 heteroatoms. The Bertz CT molecular complexity index is 504. The lowest BCUT2D eigenvalue weighted by atomic mass is 10.1. The number of aliphatic hydroxyl groups excluding tert-OH is 1. The van der Waals surface area contributed by atoms with Gasteiger partial charge in [0.15, 0.2) is 5.84 Å². The summed E-state index contributed by atoms with van der Waals surface area (Å²) in [4.78, 5) is 4.39. The molecule has 0 saturated carbocycles. The minimum Gasteiger partial charge on any atom is -0.409 e. The van der Waals surface area contributed by atoms with E-state index in [2.05, 4.69) is 15.0 Å². The number of rotatable bonds is 5. The smallest absolute Gasteiger partial charge is 0.170 e. The first-order valence-electron chi connectivity index (χ1n) is 7.14. The zero-order chi connectivity index (χ0) is 15.4. The molecular weight excluding hydrogens is 268 g/mol. The van der Waals surface area contributed by atoms with Crippen LogP contribution < -0.4 is 5.73 Å². The van der Waals surface area contributed by atoms with E-state index >= 15 is 0 Å². The van der Waals surface area contributed by atoms with Crippen molar-refractivity contribution in [2.75, 3.05) is 27.2 Å². The molecule has 6 nitrogen and oxygen atoms in total. The van der Waals surface area contributed by atoms with Gasteiger partial charge < -0.3 is 20.9 Å². The highest BCUT2D eigenvalue weighted by atomic mass is 16.4. The fourth-order valence-corrected chi connectivity index (χ4v) is 2.94. The molecule has 1 fully saturated rings. The third kappa shape index (κ3) is 3.93. The van der Waals surface area contributed by atoms with E-state index in [0.29, 0.717) is 19.1 Å². The topological polar surface area (TPSA) is 85.3 Å². The van der Waals surface area contributed by atoms with E-state index in [-0.39, 0.29) is 11.9 Å². The average Bonchev–Trinajstić information content (AvgIpc) is 2.77. The van der Waals surface area contributed by atoms with Gasteiger partial charge in [-0.05, 0) is 26.1 Å². The number of likely N-dealkylation sites (N-methyl/N-ethyl adjacent to an activating group) is 1. The second-order valence-corrected chi connectivity index (χ2v) is 5.88. The van der Waals surface area contributed by atoms with Crippen LogP contribution in [0.3, 0.4) is 0 Å². The molecule has 1 aromatic carbocycles. The zero-order valence-electron chi connectivity index (χ0n) is 12.6. The lowest BCUT2D eigenvalue weighted by Crippen LogP contribution is -2.37. The highest BCUT2D eigenvalue weighted by Crippen LogP contribution is 2.22. The largest absolute Gasteiger partial charge is 0.409 e. The Kier molecular flexibility index (Phi) is 5.17. The first-order valence-corrected chi connectivity index (χ1v) is 7.14. The Hall–Kier alpha value is -1.63. The molecule has 2 atom stereocenters. The predicted molar refractivity (Wildman–Crippen MR) is 82.3 cm³/mol. The maximum atomic E-state index is 9.94. The zero-order valence-corrected chi connectivity index (χ0v) is 12.6. The Morgan fingerprint density at radius 1 is 1.43 bits per heavy atom. The van der Waals surface area contributed by atoms with Crippen molar-refractivity contribution in [1.82, 2.24) is 9.80 Å². The molecule has 1 aromatic rings. The molecule has 1 heterocycles. The summed E-state index contributed by atoms with van der Waals surface area (Å²) in [6, 6.07) is 7.95. The molecule has 1 aliphatic heterocycles. The molecule has 0 bridgehead atoms. The van der Waals surface area contributed by atoms with Crippen LogP contribution >= 0.6 is 0 Å². The van der Waals surface area contributed by atoms with Gasteiger partial charge in [0.1, 0.15) is 0 Å². The average molecular weight is 292 g/mol. The molecular formula is C15H24N4O2. The molecule has 116 valence electrons. The number of aliphatic hydroxyl groups is 1. The van der Waals surface area contributed by atoms with Crippen LogP contribution in [0.1, 0.15) is 17.5 Å². The number of nitrogens with two attached hydrogens (primary N) is 1. The number of hydrogen-bond acceptors (Lipinski definition) is 5. The molecule has 0 radical (unpaired) electrons. The summed E-state index contributed by atoms with van der Waals surface area (Å²) in [6.45, 7) is 2.24. The van der Waals surface area contributed by atoms with Crippen molar-refractivity contribution in [2.24, 2.45) is 10.9 Å². The van der Waals surface area contributed by atoms with E-state index in [1.807, 2.05) is 38.4 Å². The number of amidine groups is 1. The number of benzene rings is 1. The number of nitrogens with zero attached hydrogens (tertiary/aromatic N) is 3. The number of hydrogen-bond donors (Lipinski definition) is 3. The maximum Gasteiger partial charge on any atom is 0.170 e. The summed E-state index contributed by atoms with van der Waals surface area (Å²) >= 11 is 0. The van der Waals surface area contributed by atoms with Crippen molar-refractivity contribution < 1.29 is 10.3 Å². The summed E-state index contributed by atoms with van der Waals surface area (Å²) in [7, 11) is 4.07. The second-order valence-electron chi connectivity index (χ2n) is 5.88. The Morgan fingerprint density at radius 2 is 2.14 bits per heavy atom. The van der Waals surface area contributed by atoms with Crippen molar-refractivity contribution in [3.63, 3.8) is 0 Å². The van der Waals surface area contributed by atoms with Gasteiger partial charge in [-0.2, -0.15) is 0 Å². The maximum absolute atomic E-state index is 9.94. The molecule has 0 aromatic heterocycles. The van der Waals surface area contributed by atoms with E-state index in [1.165, 1.54) is 0 Å². The third-order valence-corrected chi connectivity index (χ3v) is 3.86. The number of oxime groups is 1.